The van der Waals surface area contributed by atoms with Crippen LogP contribution in [0, 0.1) is 12.8 Å². The van der Waals surface area contributed by atoms with Crippen LogP contribution in [0.2, 0.25) is 0 Å². The minimum absolute atomic E-state index is 0.0501. The molecule has 0 amide bonds. The van der Waals surface area contributed by atoms with Gasteiger partial charge in [-0.3, -0.25) is 0 Å². The summed E-state index contributed by atoms with van der Waals surface area (Å²) in [4.78, 5) is 10.6. The van der Waals surface area contributed by atoms with Gasteiger partial charge in [0.2, 0.25) is 15.8 Å². The summed E-state index contributed by atoms with van der Waals surface area (Å²) in [5.74, 6) is -1.70. The van der Waals surface area contributed by atoms with Crippen LogP contribution in [0.3, 0.4) is 0 Å². The molecule has 0 atom stereocenters. The van der Waals surface area contributed by atoms with E-state index in [1.165, 1.54) is 11.2 Å². The van der Waals surface area contributed by atoms with E-state index < -0.39 is 21.8 Å². The van der Waals surface area contributed by atoms with Gasteiger partial charge in [-0.2, -0.15) is 4.31 Å². The number of nitrogens with zero attached hydrogens (tertiary/aromatic N) is 1. The molecule has 1 aromatic rings. The molecule has 7 nitrogen and oxygen atoms in total. The van der Waals surface area contributed by atoms with E-state index in [1.54, 1.807) is 0 Å². The zero-order valence-electron chi connectivity index (χ0n) is 9.66. The van der Waals surface area contributed by atoms with Crippen molar-refractivity contribution in [3.63, 3.8) is 0 Å². The number of hydrogen-bond acceptors (Lipinski definition) is 5. The Hall–Kier alpha value is -1.38. The highest BCUT2D eigenvalue weighted by Crippen LogP contribution is 2.28. The maximum absolute atomic E-state index is 12.1. The monoisotopic (exact) mass is 275 g/mol. The number of rotatable bonds is 4. The van der Waals surface area contributed by atoms with E-state index in [-0.39, 0.29) is 36.3 Å². The molecule has 8 heteroatoms. The Morgan fingerprint density at radius 2 is 2.17 bits per heavy atom. The van der Waals surface area contributed by atoms with Crippen molar-refractivity contribution in [1.82, 2.24) is 4.31 Å². The van der Waals surface area contributed by atoms with Gasteiger partial charge in [0, 0.05) is 31.7 Å². The topological polar surface area (TPSA) is 108 Å². The van der Waals surface area contributed by atoms with E-state index in [9.17, 15) is 13.2 Å². The van der Waals surface area contributed by atoms with Crippen LogP contribution in [-0.4, -0.2) is 48.6 Å². The Kier molecular flexibility index (Phi) is 3.18. The Balaban J connectivity index is 2.28. The van der Waals surface area contributed by atoms with Crippen LogP contribution < -0.4 is 0 Å². The maximum atomic E-state index is 12.1. The summed E-state index contributed by atoms with van der Waals surface area (Å²) in [5.41, 5.74) is 0. The van der Waals surface area contributed by atoms with Gasteiger partial charge in [0.25, 0.3) is 0 Å². The predicted octanol–water partition coefficient (Wildman–Crippen LogP) is -0.101. The van der Waals surface area contributed by atoms with Crippen molar-refractivity contribution in [2.75, 3.05) is 19.7 Å². The van der Waals surface area contributed by atoms with Gasteiger partial charge in [-0.25, -0.2) is 13.2 Å². The predicted molar refractivity (Wildman–Crippen MR) is 59.7 cm³/mol. The summed E-state index contributed by atoms with van der Waals surface area (Å²) < 4.78 is 30.3. The molecule has 0 aliphatic carbocycles. The largest absolute Gasteiger partial charge is 0.475 e. The molecule has 0 aromatic carbocycles. The third-order valence-electron chi connectivity index (χ3n) is 2.88. The molecule has 1 aromatic heterocycles. The van der Waals surface area contributed by atoms with Crippen molar-refractivity contribution in [3.05, 3.63) is 17.6 Å². The van der Waals surface area contributed by atoms with Crippen LogP contribution in [0.1, 0.15) is 16.3 Å². The van der Waals surface area contributed by atoms with Crippen LogP contribution in [0.4, 0.5) is 0 Å². The Morgan fingerprint density at radius 1 is 1.56 bits per heavy atom. The molecular formula is C10H13NO6S. The van der Waals surface area contributed by atoms with Crippen molar-refractivity contribution in [2.24, 2.45) is 5.92 Å². The molecule has 2 N–H and O–H groups in total. The van der Waals surface area contributed by atoms with Crippen molar-refractivity contribution >= 4 is 16.0 Å². The van der Waals surface area contributed by atoms with Crippen LogP contribution in [-0.2, 0) is 10.0 Å². The summed E-state index contributed by atoms with van der Waals surface area (Å²) in [6.45, 7) is 1.83. The summed E-state index contributed by atoms with van der Waals surface area (Å²) in [6, 6.07) is 1.01. The number of hydrogen-bond donors (Lipinski definition) is 2. The third-order valence-corrected chi connectivity index (χ3v) is 4.82. The van der Waals surface area contributed by atoms with Crippen molar-refractivity contribution < 1.29 is 27.8 Å². The summed E-state index contributed by atoms with van der Waals surface area (Å²) >= 11 is 0. The zero-order valence-corrected chi connectivity index (χ0v) is 10.5. The number of furan rings is 1. The molecule has 0 unspecified atom stereocenters. The van der Waals surface area contributed by atoms with E-state index in [0.717, 1.165) is 6.07 Å². The first-order valence-corrected chi connectivity index (χ1v) is 6.75. The molecule has 2 heterocycles. The number of carbonyl (C=O) groups is 1. The van der Waals surface area contributed by atoms with Crippen LogP contribution in [0.5, 0.6) is 0 Å². The Morgan fingerprint density at radius 3 is 2.61 bits per heavy atom. The van der Waals surface area contributed by atoms with Crippen LogP contribution >= 0.6 is 0 Å². The van der Waals surface area contributed by atoms with E-state index in [4.69, 9.17) is 14.6 Å². The molecule has 1 fully saturated rings. The minimum Gasteiger partial charge on any atom is -0.475 e. The molecule has 1 saturated heterocycles. The van der Waals surface area contributed by atoms with E-state index in [2.05, 4.69) is 0 Å². The van der Waals surface area contributed by atoms with Gasteiger partial charge in [0.1, 0.15) is 10.7 Å². The fraction of sp³-hybridized carbons (Fsp3) is 0.500. The van der Waals surface area contributed by atoms with Crippen molar-refractivity contribution in [3.8, 4) is 0 Å². The lowest BCUT2D eigenvalue weighted by atomic mass is 10.1. The summed E-state index contributed by atoms with van der Waals surface area (Å²) in [6.07, 6.45) is 0. The Bertz CT molecular complexity index is 569. The lowest BCUT2D eigenvalue weighted by molar-refractivity contribution is 0.0661. The average molecular weight is 275 g/mol. The second kappa shape index (κ2) is 4.38. The average Bonchev–Trinajstić information content (AvgIpc) is 2.59. The molecule has 0 spiro atoms. The van der Waals surface area contributed by atoms with Gasteiger partial charge in [-0.05, 0) is 6.92 Å². The van der Waals surface area contributed by atoms with Crippen molar-refractivity contribution in [2.45, 2.75) is 11.8 Å². The molecule has 100 valence electrons. The highest BCUT2D eigenvalue weighted by molar-refractivity contribution is 7.89. The number of sulfonamides is 1. The first-order valence-electron chi connectivity index (χ1n) is 5.31. The van der Waals surface area contributed by atoms with Crippen molar-refractivity contribution in [1.29, 1.82) is 0 Å². The van der Waals surface area contributed by atoms with Gasteiger partial charge in [0.15, 0.2) is 0 Å². The second-order valence-corrected chi connectivity index (χ2v) is 6.11. The Labute approximate surface area is 104 Å². The molecule has 0 radical (unpaired) electrons. The second-order valence-electron chi connectivity index (χ2n) is 4.21. The van der Waals surface area contributed by atoms with Crippen LogP contribution in [0.15, 0.2) is 15.4 Å². The molecule has 0 saturated carbocycles. The normalized spacial score (nSPS) is 17.7. The molecule has 1 aliphatic rings. The molecule has 2 rings (SSSR count). The first-order chi connectivity index (χ1) is 8.36. The standard InChI is InChI=1S/C10H13NO6S/c1-6-9(2-8(17-6)10(13)14)18(15,16)11-3-7(4-11)5-12/h2,7,12H,3-5H2,1H3,(H,13,14). The summed E-state index contributed by atoms with van der Waals surface area (Å²) in [7, 11) is -3.72. The first kappa shape index (κ1) is 13.1. The van der Waals surface area contributed by atoms with E-state index >= 15 is 0 Å². The number of carboxylic acid groups (broad SMARTS) is 1. The number of carboxylic acids is 1. The minimum atomic E-state index is -3.72. The smallest absolute Gasteiger partial charge is 0.371 e. The molecule has 0 bridgehead atoms. The van der Waals surface area contributed by atoms with Gasteiger partial charge in [-0.1, -0.05) is 0 Å². The van der Waals surface area contributed by atoms with Gasteiger partial charge in [0.05, 0.1) is 0 Å². The molecule has 18 heavy (non-hydrogen) atoms. The third kappa shape index (κ3) is 2.02. The zero-order chi connectivity index (χ0) is 13.5. The van der Waals surface area contributed by atoms with Gasteiger partial charge in [-0.15, -0.1) is 0 Å². The lowest BCUT2D eigenvalue weighted by Gasteiger charge is -2.36. The lowest BCUT2D eigenvalue weighted by Crippen LogP contribution is -2.51. The fourth-order valence-corrected chi connectivity index (χ4v) is 3.55. The fourth-order valence-electron chi connectivity index (χ4n) is 1.80. The maximum Gasteiger partial charge on any atom is 0.371 e. The highest BCUT2D eigenvalue weighted by atomic mass is 32.2. The van der Waals surface area contributed by atoms with E-state index in [1.807, 2.05) is 0 Å². The van der Waals surface area contributed by atoms with Gasteiger partial charge < -0.3 is 14.6 Å². The van der Waals surface area contributed by atoms with E-state index in [0.29, 0.717) is 0 Å². The number of aromatic carboxylic acids is 1. The highest BCUT2D eigenvalue weighted by Gasteiger charge is 2.38. The SMILES string of the molecule is Cc1oc(C(=O)O)cc1S(=O)(=O)N1CC(CO)C1. The quantitative estimate of drug-likeness (QED) is 0.794. The molecular weight excluding hydrogens is 262 g/mol. The molecule has 1 aliphatic heterocycles. The number of aliphatic hydroxyl groups is 1. The number of aryl methyl sites for hydroxylation is 1. The van der Waals surface area contributed by atoms with Gasteiger partial charge >= 0.3 is 5.97 Å². The number of aliphatic hydroxyl groups excluding tert-OH is 1. The van der Waals surface area contributed by atoms with Crippen LogP contribution in [0.25, 0.3) is 0 Å². The summed E-state index contributed by atoms with van der Waals surface area (Å²) in [5, 5.41) is 17.6.